The Bertz CT molecular complexity index is 2310. The van der Waals surface area contributed by atoms with Gasteiger partial charge in [-0.25, -0.2) is 14.2 Å². The molecule has 4 aliphatic rings. The van der Waals surface area contributed by atoms with Gasteiger partial charge >= 0.3 is 12.4 Å². The Morgan fingerprint density at radius 3 is 2.00 bits per heavy atom. The lowest BCUT2D eigenvalue weighted by molar-refractivity contribution is -0.143. The van der Waals surface area contributed by atoms with E-state index in [1.54, 1.807) is 36.4 Å². The highest BCUT2D eigenvalue weighted by Gasteiger charge is 2.70. The van der Waals surface area contributed by atoms with Gasteiger partial charge in [-0.05, 0) is 66.8 Å². The van der Waals surface area contributed by atoms with Gasteiger partial charge in [-0.15, -0.1) is 0 Å². The third-order valence-electron chi connectivity index (χ3n) is 11.3. The van der Waals surface area contributed by atoms with Crippen LogP contribution in [0, 0.1) is 29.5 Å². The Kier molecular flexibility index (Phi) is 8.30. The largest absolute Gasteiger partial charge is 0.505 e. The van der Waals surface area contributed by atoms with Crippen molar-refractivity contribution in [3.63, 3.8) is 0 Å². The number of alkyl halides is 6. The average Bonchev–Trinajstić information content (AvgIpc) is 3.53. The number of phenols is 1. The maximum atomic E-state index is 15.3. The summed E-state index contributed by atoms with van der Waals surface area (Å²) >= 11 is 6.28. The standard InChI is InChI=1S/C40H26ClF7N2O5/c41-22-8-4-9-23(17-22)50-35(53)29-18-28-25(32(27-10-5-11-30(42)33(27)51)38(29,37(50)55)19-6-2-1-3-7-19)12-13-26-31(28)36(54)49(34(26)52)24-15-20(39(43,44)45)14-21(16-24)40(46,47)48/h1-12,14-17,26,28-29,31-32,51H,13,18H2/t26-,28+,29-,31-,32+,38+/m0/s1. The first kappa shape index (κ1) is 36.5. The Morgan fingerprint density at radius 2 is 1.36 bits per heavy atom. The lowest BCUT2D eigenvalue weighted by Gasteiger charge is -2.50. The summed E-state index contributed by atoms with van der Waals surface area (Å²) in [6.45, 7) is 0. The Balaban J connectivity index is 1.33. The van der Waals surface area contributed by atoms with Gasteiger partial charge in [-0.2, -0.15) is 26.3 Å². The van der Waals surface area contributed by atoms with Gasteiger partial charge < -0.3 is 5.11 Å². The molecule has 0 spiro atoms. The predicted molar refractivity (Wildman–Crippen MR) is 183 cm³/mol. The van der Waals surface area contributed by atoms with Crippen molar-refractivity contribution in [2.45, 2.75) is 36.5 Å². The highest BCUT2D eigenvalue weighted by Crippen LogP contribution is 2.65. The van der Waals surface area contributed by atoms with Gasteiger partial charge in [-0.3, -0.25) is 19.2 Å². The maximum absolute atomic E-state index is 15.3. The summed E-state index contributed by atoms with van der Waals surface area (Å²) in [5, 5.41) is 11.5. The fourth-order valence-corrected chi connectivity index (χ4v) is 9.36. The number of aromatic hydroxyl groups is 1. The summed E-state index contributed by atoms with van der Waals surface area (Å²) in [5.41, 5.74) is -5.68. The Hall–Kier alpha value is -5.50. The van der Waals surface area contributed by atoms with E-state index in [2.05, 4.69) is 0 Å². The third-order valence-corrected chi connectivity index (χ3v) is 11.6. The fourth-order valence-electron chi connectivity index (χ4n) is 9.18. The van der Waals surface area contributed by atoms with Gasteiger partial charge in [0.25, 0.3) is 0 Å². The molecule has 2 saturated heterocycles. The van der Waals surface area contributed by atoms with Crippen molar-refractivity contribution < 1.29 is 55.0 Å². The van der Waals surface area contributed by atoms with E-state index in [9.17, 15) is 45.8 Å². The van der Waals surface area contributed by atoms with E-state index in [4.69, 9.17) is 11.6 Å². The fraction of sp³-hybridized carbons (Fsp3) is 0.250. The summed E-state index contributed by atoms with van der Waals surface area (Å²) in [6, 6.07) is 18.2. The number of fused-ring (bicyclic) bond motifs is 4. The predicted octanol–water partition coefficient (Wildman–Crippen LogP) is 8.59. The van der Waals surface area contributed by atoms with E-state index in [0.29, 0.717) is 22.6 Å². The molecule has 15 heteroatoms. The van der Waals surface area contributed by atoms with Crippen LogP contribution in [0.2, 0.25) is 5.02 Å². The van der Waals surface area contributed by atoms with E-state index < -0.39 is 99.4 Å². The number of imide groups is 2. The first-order valence-corrected chi connectivity index (χ1v) is 17.4. The van der Waals surface area contributed by atoms with Crippen LogP contribution in [0.25, 0.3) is 0 Å². The monoisotopic (exact) mass is 782 g/mol. The molecule has 0 bridgehead atoms. The van der Waals surface area contributed by atoms with Gasteiger partial charge in [0.1, 0.15) is 0 Å². The smallest absolute Gasteiger partial charge is 0.416 e. The van der Waals surface area contributed by atoms with E-state index in [-0.39, 0.29) is 40.8 Å². The topological polar surface area (TPSA) is 95.0 Å². The van der Waals surface area contributed by atoms with Gasteiger partial charge in [0.2, 0.25) is 23.6 Å². The van der Waals surface area contributed by atoms with E-state index >= 15 is 9.18 Å². The van der Waals surface area contributed by atoms with E-state index in [1.165, 1.54) is 36.4 Å². The Morgan fingerprint density at radius 1 is 0.709 bits per heavy atom. The molecule has 8 rings (SSSR count). The van der Waals surface area contributed by atoms with Gasteiger partial charge in [0.15, 0.2) is 11.6 Å². The van der Waals surface area contributed by atoms with Crippen LogP contribution in [0.1, 0.15) is 41.0 Å². The zero-order valence-electron chi connectivity index (χ0n) is 28.0. The minimum Gasteiger partial charge on any atom is -0.505 e. The zero-order chi connectivity index (χ0) is 39.4. The molecule has 0 unspecified atom stereocenters. The molecule has 2 aliphatic heterocycles. The van der Waals surface area contributed by atoms with Crippen LogP contribution in [0.5, 0.6) is 5.75 Å². The molecule has 4 aromatic rings. The highest BCUT2D eigenvalue weighted by molar-refractivity contribution is 6.32. The highest BCUT2D eigenvalue weighted by atomic mass is 35.5. The van der Waals surface area contributed by atoms with Crippen LogP contribution >= 0.6 is 11.6 Å². The molecule has 2 aliphatic carbocycles. The number of halogens is 8. The second kappa shape index (κ2) is 12.5. The number of carbonyl (C=O) groups is 4. The van der Waals surface area contributed by atoms with Gasteiger partial charge in [-0.1, -0.05) is 71.8 Å². The number of hydrogen-bond acceptors (Lipinski definition) is 5. The van der Waals surface area contributed by atoms with Crippen LogP contribution in [-0.4, -0.2) is 28.7 Å². The third kappa shape index (κ3) is 5.39. The number of allylic oxidation sites excluding steroid dienone is 2. The number of phenolic OH excluding ortho intramolecular Hbond substituents is 1. The second-order valence-electron chi connectivity index (χ2n) is 14.0. The maximum Gasteiger partial charge on any atom is 0.416 e. The van der Waals surface area contributed by atoms with Crippen LogP contribution in [0.4, 0.5) is 42.1 Å². The molecule has 4 amide bonds. The molecular weight excluding hydrogens is 757 g/mol. The van der Waals surface area contributed by atoms with Crippen LogP contribution in [-0.2, 0) is 36.9 Å². The minimum absolute atomic E-state index is 0.104. The summed E-state index contributed by atoms with van der Waals surface area (Å²) in [6.07, 6.45) is -9.51. The van der Waals surface area contributed by atoms with Gasteiger partial charge in [0.05, 0.1) is 45.7 Å². The van der Waals surface area contributed by atoms with Crippen molar-refractivity contribution in [2.24, 2.45) is 23.7 Å². The lowest BCUT2D eigenvalue weighted by Crippen LogP contribution is -2.53. The van der Waals surface area contributed by atoms with Gasteiger partial charge in [0, 0.05) is 16.5 Å². The quantitative estimate of drug-likeness (QED) is 0.127. The van der Waals surface area contributed by atoms with E-state index in [1.807, 2.05) is 0 Å². The Labute approximate surface area is 312 Å². The molecule has 0 aromatic heterocycles. The molecule has 3 fully saturated rings. The summed E-state index contributed by atoms with van der Waals surface area (Å²) in [5.74, 6) is -12.0. The number of amides is 4. The molecule has 55 heavy (non-hydrogen) atoms. The number of rotatable bonds is 4. The van der Waals surface area contributed by atoms with Crippen molar-refractivity contribution in [3.05, 3.63) is 136 Å². The zero-order valence-corrected chi connectivity index (χ0v) is 28.8. The molecule has 282 valence electrons. The van der Waals surface area contributed by atoms with Crippen molar-refractivity contribution in [1.82, 2.24) is 0 Å². The lowest BCUT2D eigenvalue weighted by atomic mass is 9.49. The van der Waals surface area contributed by atoms with Crippen molar-refractivity contribution >= 4 is 46.6 Å². The number of benzene rings is 4. The first-order valence-electron chi connectivity index (χ1n) is 17.0. The number of para-hydroxylation sites is 1. The summed E-state index contributed by atoms with van der Waals surface area (Å²) < 4.78 is 98.5. The summed E-state index contributed by atoms with van der Waals surface area (Å²) in [4.78, 5) is 59.6. The second-order valence-corrected chi connectivity index (χ2v) is 14.5. The normalized spacial score (nSPS) is 26.5. The van der Waals surface area contributed by atoms with Crippen molar-refractivity contribution in [3.8, 4) is 5.75 Å². The first-order chi connectivity index (χ1) is 26.0. The molecule has 1 saturated carbocycles. The van der Waals surface area contributed by atoms with Crippen molar-refractivity contribution in [1.29, 1.82) is 0 Å². The number of hydrogen-bond donors (Lipinski definition) is 1. The molecule has 0 radical (unpaired) electrons. The molecular formula is C40H26ClF7N2O5. The van der Waals surface area contributed by atoms with Crippen LogP contribution < -0.4 is 9.80 Å². The van der Waals surface area contributed by atoms with E-state index in [0.717, 1.165) is 11.0 Å². The minimum atomic E-state index is -5.27. The molecule has 1 N–H and O–H groups in total. The molecule has 2 heterocycles. The number of anilines is 2. The number of nitrogens with zero attached hydrogens (tertiary/aromatic N) is 2. The van der Waals surface area contributed by atoms with Crippen molar-refractivity contribution in [2.75, 3.05) is 9.80 Å². The number of carbonyl (C=O) groups excluding carboxylic acids is 4. The van der Waals surface area contributed by atoms with Crippen LogP contribution in [0.15, 0.2) is 103 Å². The summed E-state index contributed by atoms with van der Waals surface area (Å²) in [7, 11) is 0. The van der Waals surface area contributed by atoms with Crippen LogP contribution in [0.3, 0.4) is 0 Å². The molecule has 7 nitrogen and oxygen atoms in total. The SMILES string of the molecule is O=C1[C@H]2[C@H](CC=C3[C@H]2C[C@H]2C(=O)N(c4cccc(Cl)c4)C(=O)[C@@]2(c2ccccc2)[C@H]3c2cccc(F)c2O)C(=O)N1c1cc(C(F)(F)F)cc(C(F)(F)F)c1. The molecule has 6 atom stereocenters. The average molecular weight is 783 g/mol. The molecule has 4 aromatic carbocycles.